The summed E-state index contributed by atoms with van der Waals surface area (Å²) in [5.41, 5.74) is 0. The molecule has 0 heterocycles. The van der Waals surface area contributed by atoms with Crippen LogP contribution < -0.4 is 5.32 Å². The molecule has 0 aromatic rings. The first-order valence-corrected chi connectivity index (χ1v) is 9.67. The number of hydrogen-bond acceptors (Lipinski definition) is 4. The molecule has 2 atom stereocenters. The molecular formula is C17H30N2O2S. The van der Waals surface area contributed by atoms with Crippen LogP contribution in [0.1, 0.15) is 70.6 Å². The van der Waals surface area contributed by atoms with Crippen molar-refractivity contribution in [3.63, 3.8) is 0 Å². The molecule has 22 heavy (non-hydrogen) atoms. The molecule has 2 saturated carbocycles. The number of rotatable bonds is 4. The summed E-state index contributed by atoms with van der Waals surface area (Å²) in [6, 6.07) is 0.386. The fraction of sp³-hybridized carbons (Fsp3) is 0.882. The van der Waals surface area contributed by atoms with Crippen LogP contribution in [0.25, 0.3) is 0 Å². The van der Waals surface area contributed by atoms with Gasteiger partial charge in [0.15, 0.2) is 5.17 Å². The molecule has 0 spiro atoms. The summed E-state index contributed by atoms with van der Waals surface area (Å²) in [6.07, 6.45) is 14.6. The van der Waals surface area contributed by atoms with E-state index in [-0.39, 0.29) is 0 Å². The van der Waals surface area contributed by atoms with Gasteiger partial charge in [-0.3, -0.25) is 9.79 Å². The van der Waals surface area contributed by atoms with E-state index in [0.29, 0.717) is 17.4 Å². The molecule has 2 aliphatic carbocycles. The molecule has 0 saturated heterocycles. The minimum absolute atomic E-state index is 0.366. The predicted octanol–water partition coefficient (Wildman–Crippen LogP) is 3.89. The Labute approximate surface area is 138 Å². The Balaban J connectivity index is 1.92. The molecule has 0 aromatic heterocycles. The first-order chi connectivity index (χ1) is 10.8. The maximum absolute atomic E-state index is 10.9. The number of methoxy groups -OCH3 is 1. The van der Waals surface area contributed by atoms with Gasteiger partial charge in [0, 0.05) is 12.4 Å². The summed E-state index contributed by atoms with van der Waals surface area (Å²) < 4.78 is 5.50. The second-order valence-electron chi connectivity index (χ2n) is 6.46. The summed E-state index contributed by atoms with van der Waals surface area (Å²) in [5.74, 6) is 0. The van der Waals surface area contributed by atoms with Gasteiger partial charge in [-0.05, 0) is 38.5 Å². The van der Waals surface area contributed by atoms with E-state index in [1.54, 1.807) is 18.9 Å². The summed E-state index contributed by atoms with van der Waals surface area (Å²) in [7, 11) is 1.80. The smallest absolute Gasteiger partial charge is 0.213 e. The Morgan fingerprint density at radius 2 is 1.82 bits per heavy atom. The number of nitrogens with zero attached hydrogens (tertiary/aromatic N) is 1. The third-order valence-corrected chi connectivity index (χ3v) is 5.95. The van der Waals surface area contributed by atoms with E-state index >= 15 is 0 Å². The SMILES string of the molecule is CO[C@@H]1CCC[C@H](SC(=NC2CCCCCCC2)NC=O)C1. The van der Waals surface area contributed by atoms with E-state index in [1.165, 1.54) is 44.9 Å². The Morgan fingerprint density at radius 3 is 2.50 bits per heavy atom. The van der Waals surface area contributed by atoms with Gasteiger partial charge in [-0.15, -0.1) is 0 Å². The monoisotopic (exact) mass is 326 g/mol. The first-order valence-electron chi connectivity index (χ1n) is 8.79. The third-order valence-electron chi connectivity index (χ3n) is 4.75. The van der Waals surface area contributed by atoms with Gasteiger partial charge in [0.1, 0.15) is 0 Å². The molecule has 1 amide bonds. The molecule has 5 heteroatoms. The number of ether oxygens (including phenoxy) is 1. The number of amidine groups is 1. The molecule has 126 valence electrons. The molecule has 2 aliphatic rings. The minimum atomic E-state index is 0.366. The van der Waals surface area contributed by atoms with Crippen molar-refractivity contribution in [1.29, 1.82) is 0 Å². The van der Waals surface area contributed by atoms with Crippen LogP contribution in [0.15, 0.2) is 4.99 Å². The van der Waals surface area contributed by atoms with E-state index in [0.717, 1.165) is 37.3 Å². The van der Waals surface area contributed by atoms with Gasteiger partial charge in [0.2, 0.25) is 6.41 Å². The fourth-order valence-corrected chi connectivity index (χ4v) is 4.70. The molecule has 0 bridgehead atoms. The minimum Gasteiger partial charge on any atom is -0.381 e. The van der Waals surface area contributed by atoms with E-state index in [4.69, 9.17) is 9.73 Å². The highest BCUT2D eigenvalue weighted by atomic mass is 32.2. The quantitative estimate of drug-likeness (QED) is 0.484. The molecule has 0 aromatic carbocycles. The zero-order valence-corrected chi connectivity index (χ0v) is 14.6. The number of amides is 1. The largest absolute Gasteiger partial charge is 0.381 e. The molecule has 0 aliphatic heterocycles. The van der Waals surface area contributed by atoms with Crippen LogP contribution >= 0.6 is 11.8 Å². The van der Waals surface area contributed by atoms with Crippen molar-refractivity contribution < 1.29 is 9.53 Å². The zero-order valence-electron chi connectivity index (χ0n) is 13.8. The van der Waals surface area contributed by atoms with Gasteiger partial charge in [0.05, 0.1) is 12.1 Å². The lowest BCUT2D eigenvalue weighted by Gasteiger charge is -2.28. The topological polar surface area (TPSA) is 50.7 Å². The summed E-state index contributed by atoms with van der Waals surface area (Å²) in [5, 5.41) is 4.17. The highest BCUT2D eigenvalue weighted by molar-refractivity contribution is 8.14. The number of hydrogen-bond donors (Lipinski definition) is 1. The average molecular weight is 327 g/mol. The van der Waals surface area contributed by atoms with Crippen molar-refractivity contribution in [1.82, 2.24) is 5.32 Å². The fourth-order valence-electron chi connectivity index (χ4n) is 3.46. The lowest BCUT2D eigenvalue weighted by molar-refractivity contribution is -0.108. The van der Waals surface area contributed by atoms with Gasteiger partial charge in [0.25, 0.3) is 0 Å². The van der Waals surface area contributed by atoms with Gasteiger partial charge >= 0.3 is 0 Å². The highest BCUT2D eigenvalue weighted by Crippen LogP contribution is 2.31. The van der Waals surface area contributed by atoms with E-state index in [2.05, 4.69) is 5.32 Å². The molecule has 2 fully saturated rings. The average Bonchev–Trinajstić information content (AvgIpc) is 2.50. The second-order valence-corrected chi connectivity index (χ2v) is 7.75. The second kappa shape index (κ2) is 10.3. The molecule has 0 radical (unpaired) electrons. The summed E-state index contributed by atoms with van der Waals surface area (Å²) in [6.45, 7) is 0. The van der Waals surface area contributed by atoms with Gasteiger partial charge in [-0.25, -0.2) is 0 Å². The standard InChI is InChI=1S/C17H30N2O2S/c1-21-15-10-7-11-16(12-15)22-17(18-13-20)19-14-8-5-3-2-4-6-9-14/h13-16H,2-12H2,1H3,(H,18,19,20)/t15-,16+/m1/s1. The Kier molecular flexibility index (Phi) is 8.31. The first kappa shape index (κ1) is 17.8. The van der Waals surface area contributed by atoms with E-state index in [1.807, 2.05) is 0 Å². The Bertz CT molecular complexity index is 355. The molecule has 4 nitrogen and oxygen atoms in total. The number of aliphatic imine (C=N–C) groups is 1. The van der Waals surface area contributed by atoms with Gasteiger partial charge in [-0.2, -0.15) is 0 Å². The van der Waals surface area contributed by atoms with Crippen molar-refractivity contribution >= 4 is 23.3 Å². The van der Waals surface area contributed by atoms with Crippen LogP contribution in [0.5, 0.6) is 0 Å². The lowest BCUT2D eigenvalue weighted by Crippen LogP contribution is -2.28. The van der Waals surface area contributed by atoms with Crippen molar-refractivity contribution in [2.45, 2.75) is 88.0 Å². The third kappa shape index (κ3) is 6.29. The molecule has 0 unspecified atom stereocenters. The molecule has 2 rings (SSSR count). The van der Waals surface area contributed by atoms with E-state index < -0.39 is 0 Å². The van der Waals surface area contributed by atoms with Crippen LogP contribution in [-0.4, -0.2) is 36.1 Å². The van der Waals surface area contributed by atoms with Gasteiger partial charge < -0.3 is 10.1 Å². The maximum Gasteiger partial charge on any atom is 0.213 e. The summed E-state index contributed by atoms with van der Waals surface area (Å²) >= 11 is 1.74. The predicted molar refractivity (Wildman–Crippen MR) is 93.4 cm³/mol. The van der Waals surface area contributed by atoms with Crippen LogP contribution in [0, 0.1) is 0 Å². The van der Waals surface area contributed by atoms with E-state index in [9.17, 15) is 4.79 Å². The number of nitrogens with one attached hydrogen (secondary N) is 1. The Morgan fingerprint density at radius 1 is 1.09 bits per heavy atom. The highest BCUT2D eigenvalue weighted by Gasteiger charge is 2.24. The molecular weight excluding hydrogens is 296 g/mol. The number of carbonyl (C=O) groups is 1. The van der Waals surface area contributed by atoms with Crippen molar-refractivity contribution in [3.05, 3.63) is 0 Å². The van der Waals surface area contributed by atoms with Crippen LogP contribution in [-0.2, 0) is 9.53 Å². The normalized spacial score (nSPS) is 28.7. The lowest BCUT2D eigenvalue weighted by atomic mass is 9.97. The van der Waals surface area contributed by atoms with Crippen LogP contribution in [0.4, 0.5) is 0 Å². The van der Waals surface area contributed by atoms with Gasteiger partial charge in [-0.1, -0.05) is 43.9 Å². The molecule has 1 N–H and O–H groups in total. The Hall–Kier alpha value is -0.550. The maximum atomic E-state index is 10.9. The number of thioether (sulfide) groups is 1. The summed E-state index contributed by atoms with van der Waals surface area (Å²) in [4.78, 5) is 15.8. The van der Waals surface area contributed by atoms with Crippen molar-refractivity contribution in [3.8, 4) is 0 Å². The zero-order chi connectivity index (χ0) is 15.6. The van der Waals surface area contributed by atoms with Crippen molar-refractivity contribution in [2.24, 2.45) is 4.99 Å². The van der Waals surface area contributed by atoms with Crippen molar-refractivity contribution in [2.75, 3.05) is 7.11 Å². The van der Waals surface area contributed by atoms with Crippen LogP contribution in [0.3, 0.4) is 0 Å². The number of carbonyl (C=O) groups excluding carboxylic acids is 1. The van der Waals surface area contributed by atoms with Crippen LogP contribution in [0.2, 0.25) is 0 Å².